The lowest BCUT2D eigenvalue weighted by atomic mass is 9.99. The summed E-state index contributed by atoms with van der Waals surface area (Å²) < 4.78 is 0. The molecule has 1 aromatic carbocycles. The monoisotopic (exact) mass is 238 g/mol. The number of rotatable bonds is 5. The zero-order valence-electron chi connectivity index (χ0n) is 9.89. The molecule has 0 radical (unpaired) electrons. The topological polar surface area (TPSA) is 38.0 Å². The van der Waals surface area contributed by atoms with Gasteiger partial charge in [0.2, 0.25) is 0 Å². The maximum atomic E-state index is 5.99. The summed E-state index contributed by atoms with van der Waals surface area (Å²) in [6.07, 6.45) is 1.92. The van der Waals surface area contributed by atoms with Gasteiger partial charge in [0.05, 0.1) is 0 Å². The molecule has 0 spiro atoms. The van der Waals surface area contributed by atoms with Crippen molar-refractivity contribution in [3.63, 3.8) is 0 Å². The van der Waals surface area contributed by atoms with Crippen LogP contribution in [0.15, 0.2) is 30.4 Å². The molecule has 1 rings (SSSR count). The summed E-state index contributed by atoms with van der Waals surface area (Å²) in [5.41, 5.74) is 6.26. The standard InChI is InChI=1S/C13H19ClN2/c1-9(2)4-7-13(16-15)11-5-6-12(14)10(3)8-11/h5-6,8,13,16H,1,4,7,15H2,2-3H3. The fourth-order valence-electron chi connectivity index (χ4n) is 1.62. The first-order chi connectivity index (χ1) is 7.54. The van der Waals surface area contributed by atoms with E-state index in [9.17, 15) is 0 Å². The predicted octanol–water partition coefficient (Wildman–Crippen LogP) is 3.51. The fraction of sp³-hybridized carbons (Fsp3) is 0.385. The second-order valence-electron chi connectivity index (χ2n) is 4.22. The van der Waals surface area contributed by atoms with Crippen LogP contribution in [0, 0.1) is 6.92 Å². The SMILES string of the molecule is C=C(C)CCC(NN)c1ccc(Cl)c(C)c1. The zero-order chi connectivity index (χ0) is 12.1. The molecule has 0 aliphatic rings. The van der Waals surface area contributed by atoms with Crippen molar-refractivity contribution in [3.8, 4) is 0 Å². The van der Waals surface area contributed by atoms with Gasteiger partial charge in [-0.1, -0.05) is 29.3 Å². The van der Waals surface area contributed by atoms with Gasteiger partial charge < -0.3 is 0 Å². The van der Waals surface area contributed by atoms with Crippen LogP contribution in [0.25, 0.3) is 0 Å². The van der Waals surface area contributed by atoms with E-state index in [2.05, 4.69) is 18.1 Å². The van der Waals surface area contributed by atoms with Crippen LogP contribution in [0.4, 0.5) is 0 Å². The predicted molar refractivity (Wildman–Crippen MR) is 70.3 cm³/mol. The Morgan fingerprint density at radius 1 is 1.56 bits per heavy atom. The maximum absolute atomic E-state index is 5.99. The molecule has 0 saturated heterocycles. The minimum atomic E-state index is 0.160. The Balaban J connectivity index is 2.78. The van der Waals surface area contributed by atoms with Crippen LogP contribution in [0.3, 0.4) is 0 Å². The van der Waals surface area contributed by atoms with Crippen molar-refractivity contribution in [1.29, 1.82) is 0 Å². The van der Waals surface area contributed by atoms with Crippen molar-refractivity contribution < 1.29 is 0 Å². The molecule has 0 aliphatic carbocycles. The highest BCUT2D eigenvalue weighted by atomic mass is 35.5. The van der Waals surface area contributed by atoms with Crippen molar-refractivity contribution in [3.05, 3.63) is 46.5 Å². The van der Waals surface area contributed by atoms with E-state index < -0.39 is 0 Å². The van der Waals surface area contributed by atoms with E-state index >= 15 is 0 Å². The third kappa shape index (κ3) is 3.63. The first kappa shape index (κ1) is 13.2. The number of allylic oxidation sites excluding steroid dienone is 1. The molecule has 0 aromatic heterocycles. The molecule has 1 atom stereocenters. The van der Waals surface area contributed by atoms with E-state index in [1.165, 1.54) is 11.1 Å². The van der Waals surface area contributed by atoms with Crippen molar-refractivity contribution >= 4 is 11.6 Å². The Labute approximate surface area is 102 Å². The van der Waals surface area contributed by atoms with E-state index in [-0.39, 0.29) is 6.04 Å². The minimum Gasteiger partial charge on any atom is -0.271 e. The largest absolute Gasteiger partial charge is 0.271 e. The smallest absolute Gasteiger partial charge is 0.0463 e. The van der Waals surface area contributed by atoms with Crippen molar-refractivity contribution in [2.75, 3.05) is 0 Å². The molecule has 16 heavy (non-hydrogen) atoms. The number of hydrogen-bond donors (Lipinski definition) is 2. The van der Waals surface area contributed by atoms with Gasteiger partial charge in [-0.25, -0.2) is 0 Å². The highest BCUT2D eigenvalue weighted by Gasteiger charge is 2.10. The zero-order valence-corrected chi connectivity index (χ0v) is 10.6. The van der Waals surface area contributed by atoms with E-state index in [0.717, 1.165) is 23.4 Å². The molecular formula is C13H19ClN2. The average molecular weight is 239 g/mol. The second kappa shape index (κ2) is 6.04. The molecule has 0 heterocycles. The minimum absolute atomic E-state index is 0.160. The summed E-state index contributed by atoms with van der Waals surface area (Å²) in [5.74, 6) is 5.57. The van der Waals surface area contributed by atoms with E-state index in [0.29, 0.717) is 0 Å². The summed E-state index contributed by atoms with van der Waals surface area (Å²) in [7, 11) is 0. The molecule has 0 bridgehead atoms. The molecule has 0 fully saturated rings. The highest BCUT2D eigenvalue weighted by Crippen LogP contribution is 2.24. The van der Waals surface area contributed by atoms with E-state index in [4.69, 9.17) is 17.4 Å². The quantitative estimate of drug-likeness (QED) is 0.468. The van der Waals surface area contributed by atoms with Gasteiger partial charge in [0, 0.05) is 11.1 Å². The number of nitrogens with one attached hydrogen (secondary N) is 1. The van der Waals surface area contributed by atoms with E-state index in [1.54, 1.807) is 0 Å². The Morgan fingerprint density at radius 3 is 2.75 bits per heavy atom. The normalized spacial score (nSPS) is 12.5. The maximum Gasteiger partial charge on any atom is 0.0463 e. The van der Waals surface area contributed by atoms with Crippen molar-refractivity contribution in [1.82, 2.24) is 5.43 Å². The van der Waals surface area contributed by atoms with Gasteiger partial charge in [-0.05, 0) is 43.9 Å². The first-order valence-corrected chi connectivity index (χ1v) is 5.79. The molecule has 0 amide bonds. The Bertz CT molecular complexity index is 374. The third-order valence-corrected chi connectivity index (χ3v) is 3.07. The van der Waals surface area contributed by atoms with E-state index in [1.807, 2.05) is 26.0 Å². The van der Waals surface area contributed by atoms with Gasteiger partial charge in [-0.3, -0.25) is 11.3 Å². The summed E-state index contributed by atoms with van der Waals surface area (Å²) in [5, 5.41) is 0.791. The number of benzene rings is 1. The number of nitrogens with two attached hydrogens (primary N) is 1. The average Bonchev–Trinajstić information content (AvgIpc) is 2.23. The number of hydrazine groups is 1. The Morgan fingerprint density at radius 2 is 2.25 bits per heavy atom. The van der Waals surface area contributed by atoms with Crippen LogP contribution in [-0.4, -0.2) is 0 Å². The Kier molecular flexibility index (Phi) is 5.00. The molecule has 0 saturated carbocycles. The molecule has 1 aromatic rings. The lowest BCUT2D eigenvalue weighted by Crippen LogP contribution is -2.28. The number of hydrogen-bond acceptors (Lipinski definition) is 2. The van der Waals surface area contributed by atoms with Crippen molar-refractivity contribution in [2.45, 2.75) is 32.7 Å². The van der Waals surface area contributed by atoms with Gasteiger partial charge in [0.25, 0.3) is 0 Å². The summed E-state index contributed by atoms with van der Waals surface area (Å²) >= 11 is 5.99. The van der Waals surface area contributed by atoms with Crippen LogP contribution in [0.5, 0.6) is 0 Å². The van der Waals surface area contributed by atoms with Crippen LogP contribution < -0.4 is 11.3 Å². The summed E-state index contributed by atoms with van der Waals surface area (Å²) in [4.78, 5) is 0. The van der Waals surface area contributed by atoms with Crippen LogP contribution in [-0.2, 0) is 0 Å². The number of aryl methyl sites for hydroxylation is 1. The third-order valence-electron chi connectivity index (χ3n) is 2.65. The molecule has 3 heteroatoms. The lowest BCUT2D eigenvalue weighted by Gasteiger charge is -2.17. The molecule has 0 aliphatic heterocycles. The molecule has 3 N–H and O–H groups in total. The van der Waals surface area contributed by atoms with Gasteiger partial charge >= 0.3 is 0 Å². The van der Waals surface area contributed by atoms with Crippen LogP contribution >= 0.6 is 11.6 Å². The van der Waals surface area contributed by atoms with Crippen LogP contribution in [0.2, 0.25) is 5.02 Å². The molecule has 1 unspecified atom stereocenters. The fourth-order valence-corrected chi connectivity index (χ4v) is 1.74. The number of halogens is 1. The summed E-state index contributed by atoms with van der Waals surface area (Å²) in [6.45, 7) is 7.92. The Hall–Kier alpha value is -0.830. The second-order valence-corrected chi connectivity index (χ2v) is 4.63. The highest BCUT2D eigenvalue weighted by molar-refractivity contribution is 6.31. The first-order valence-electron chi connectivity index (χ1n) is 5.41. The molecule has 2 nitrogen and oxygen atoms in total. The lowest BCUT2D eigenvalue weighted by molar-refractivity contribution is 0.515. The van der Waals surface area contributed by atoms with Gasteiger partial charge in [0.1, 0.15) is 0 Å². The molecular weight excluding hydrogens is 220 g/mol. The van der Waals surface area contributed by atoms with Gasteiger partial charge in [0.15, 0.2) is 0 Å². The summed E-state index contributed by atoms with van der Waals surface area (Å²) in [6, 6.07) is 6.16. The van der Waals surface area contributed by atoms with Crippen molar-refractivity contribution in [2.24, 2.45) is 5.84 Å². The van der Waals surface area contributed by atoms with Crippen LogP contribution in [0.1, 0.15) is 36.9 Å². The van der Waals surface area contributed by atoms with Gasteiger partial charge in [-0.2, -0.15) is 0 Å². The molecule has 88 valence electrons. The van der Waals surface area contributed by atoms with Gasteiger partial charge in [-0.15, -0.1) is 6.58 Å².